The molecule has 1 aromatic heterocycles. The van der Waals surface area contributed by atoms with Crippen molar-refractivity contribution < 1.29 is 0 Å². The lowest BCUT2D eigenvalue weighted by atomic mass is 10.0. The number of hydrogen-bond acceptors (Lipinski definition) is 2. The van der Waals surface area contributed by atoms with Crippen LogP contribution in [0.15, 0.2) is 11.0 Å². The quantitative estimate of drug-likeness (QED) is 0.492. The first-order valence-electron chi connectivity index (χ1n) is 6.94. The van der Waals surface area contributed by atoms with Gasteiger partial charge < -0.3 is 4.98 Å². The molecule has 5 heteroatoms. The highest BCUT2D eigenvalue weighted by Crippen LogP contribution is 2.28. The molecule has 1 saturated heterocycles. The number of hydrogen-bond donors (Lipinski definition) is 1. The molecule has 1 aliphatic rings. The summed E-state index contributed by atoms with van der Waals surface area (Å²) in [5.74, 6) is 3.02. The average molecular weight is 309 g/mol. The molecule has 1 fully saturated rings. The molecule has 0 aliphatic carbocycles. The summed E-state index contributed by atoms with van der Waals surface area (Å²) in [6, 6.07) is 0.184. The van der Waals surface area contributed by atoms with Crippen LogP contribution in [0.1, 0.15) is 30.0 Å². The fraction of sp³-hybridized carbons (Fsp3) is 0.533. The summed E-state index contributed by atoms with van der Waals surface area (Å²) in [7, 11) is 0.524. The molecular formula is C15H21ClN2OSi. The fourth-order valence-electron chi connectivity index (χ4n) is 2.44. The van der Waals surface area contributed by atoms with Gasteiger partial charge in [0.05, 0.1) is 0 Å². The van der Waals surface area contributed by atoms with Crippen LogP contribution in [-0.2, 0) is 0 Å². The smallest absolute Gasteiger partial charge is 0.203 e. The Morgan fingerprint density at radius 1 is 1.45 bits per heavy atom. The minimum absolute atomic E-state index is 0.0155. The zero-order valence-electron chi connectivity index (χ0n) is 12.5. The van der Waals surface area contributed by atoms with Gasteiger partial charge in [-0.05, 0) is 26.4 Å². The second-order valence-electron chi connectivity index (χ2n) is 6.40. The molecule has 2 rings (SSSR count). The molecule has 2 heterocycles. The van der Waals surface area contributed by atoms with Gasteiger partial charge in [0.15, 0.2) is 0 Å². The van der Waals surface area contributed by atoms with Crippen LogP contribution in [0.5, 0.6) is 0 Å². The van der Waals surface area contributed by atoms with Crippen molar-refractivity contribution in [1.82, 2.24) is 9.88 Å². The topological polar surface area (TPSA) is 36.1 Å². The van der Waals surface area contributed by atoms with Gasteiger partial charge in [0.2, 0.25) is 5.43 Å². The molecule has 0 radical (unpaired) electrons. The van der Waals surface area contributed by atoms with Gasteiger partial charge in [-0.15, -0.1) is 5.54 Å². The first-order valence-corrected chi connectivity index (χ1v) is 10.8. The van der Waals surface area contributed by atoms with E-state index >= 15 is 0 Å². The lowest BCUT2D eigenvalue weighted by Crippen LogP contribution is -2.25. The number of likely N-dealkylation sites (tertiary alicyclic amines) is 1. The van der Waals surface area contributed by atoms with Crippen molar-refractivity contribution >= 4 is 19.7 Å². The van der Waals surface area contributed by atoms with Gasteiger partial charge in [0.25, 0.3) is 0 Å². The van der Waals surface area contributed by atoms with Crippen molar-refractivity contribution in [2.45, 2.75) is 38.5 Å². The van der Waals surface area contributed by atoms with Crippen LogP contribution in [0.4, 0.5) is 0 Å². The summed E-state index contributed by atoms with van der Waals surface area (Å²) < 4.78 is 0. The first-order chi connectivity index (χ1) is 9.29. The minimum Gasteiger partial charge on any atom is -0.351 e. The third-order valence-corrected chi connectivity index (χ3v) is 4.68. The SMILES string of the molecule is CN1CCC[C@H]1c1c[nH]c(Cl)c(C#C[Si](C)(C)C)c1=O. The maximum Gasteiger partial charge on any atom is 0.203 e. The number of nitrogens with one attached hydrogen (secondary N) is 1. The maximum atomic E-state index is 12.6. The number of H-pyrrole nitrogens is 1. The van der Waals surface area contributed by atoms with Crippen molar-refractivity contribution in [1.29, 1.82) is 0 Å². The Hall–Kier alpha value is -1.02. The lowest BCUT2D eigenvalue weighted by Gasteiger charge is -2.19. The number of halogens is 1. The number of aromatic amines is 1. The van der Waals surface area contributed by atoms with Crippen molar-refractivity contribution in [3.8, 4) is 11.5 Å². The van der Waals surface area contributed by atoms with Crippen LogP contribution in [0, 0.1) is 11.5 Å². The predicted octanol–water partition coefficient (Wildman–Crippen LogP) is 3.02. The Morgan fingerprint density at radius 3 is 2.70 bits per heavy atom. The van der Waals surface area contributed by atoms with Gasteiger partial charge >= 0.3 is 0 Å². The van der Waals surface area contributed by atoms with Crippen molar-refractivity contribution in [2.75, 3.05) is 13.6 Å². The minimum atomic E-state index is -1.53. The zero-order chi connectivity index (χ0) is 14.9. The molecule has 0 amide bonds. The Kier molecular flexibility index (Phi) is 4.43. The van der Waals surface area contributed by atoms with Crippen LogP contribution in [0.3, 0.4) is 0 Å². The number of rotatable bonds is 1. The van der Waals surface area contributed by atoms with E-state index in [0.717, 1.165) is 24.9 Å². The predicted molar refractivity (Wildman–Crippen MR) is 86.9 cm³/mol. The van der Waals surface area contributed by atoms with Gasteiger partial charge in [-0.3, -0.25) is 9.69 Å². The van der Waals surface area contributed by atoms with E-state index in [0.29, 0.717) is 10.7 Å². The van der Waals surface area contributed by atoms with Gasteiger partial charge in [0, 0.05) is 17.8 Å². The number of nitrogens with zero attached hydrogens (tertiary/aromatic N) is 1. The van der Waals surface area contributed by atoms with Crippen LogP contribution < -0.4 is 5.43 Å². The van der Waals surface area contributed by atoms with E-state index in [1.807, 2.05) is 0 Å². The Bertz CT molecular complexity index is 621. The van der Waals surface area contributed by atoms with Gasteiger partial charge in [-0.25, -0.2) is 0 Å². The second-order valence-corrected chi connectivity index (χ2v) is 11.5. The summed E-state index contributed by atoms with van der Waals surface area (Å²) in [6.45, 7) is 7.48. The lowest BCUT2D eigenvalue weighted by molar-refractivity contribution is 0.315. The Balaban J connectivity index is 2.48. The van der Waals surface area contributed by atoms with E-state index in [-0.39, 0.29) is 11.5 Å². The molecule has 0 aromatic carbocycles. The summed E-state index contributed by atoms with van der Waals surface area (Å²) in [6.07, 6.45) is 3.89. The van der Waals surface area contributed by atoms with Crippen LogP contribution in [0.2, 0.25) is 24.8 Å². The molecule has 0 bridgehead atoms. The molecular weight excluding hydrogens is 288 g/mol. The van der Waals surface area contributed by atoms with Gasteiger partial charge in [-0.2, -0.15) is 0 Å². The highest BCUT2D eigenvalue weighted by Gasteiger charge is 2.26. The summed E-state index contributed by atoms with van der Waals surface area (Å²) in [4.78, 5) is 17.8. The normalized spacial score (nSPS) is 19.8. The summed E-state index contributed by atoms with van der Waals surface area (Å²) in [5.41, 5.74) is 4.41. The molecule has 3 nitrogen and oxygen atoms in total. The molecule has 108 valence electrons. The first kappa shape index (κ1) is 15.4. The average Bonchev–Trinajstić information content (AvgIpc) is 2.74. The fourth-order valence-corrected chi connectivity index (χ4v) is 3.12. The molecule has 0 unspecified atom stereocenters. The Labute approximate surface area is 126 Å². The molecule has 0 saturated carbocycles. The molecule has 1 atom stereocenters. The van der Waals surface area contributed by atoms with E-state index in [2.05, 4.69) is 48.0 Å². The number of aromatic nitrogens is 1. The van der Waals surface area contributed by atoms with Crippen LogP contribution in [-0.4, -0.2) is 31.6 Å². The van der Waals surface area contributed by atoms with E-state index in [1.54, 1.807) is 6.20 Å². The van der Waals surface area contributed by atoms with Crippen LogP contribution >= 0.6 is 11.6 Å². The highest BCUT2D eigenvalue weighted by molar-refractivity contribution is 6.83. The molecule has 20 heavy (non-hydrogen) atoms. The van der Waals surface area contributed by atoms with Crippen LogP contribution in [0.25, 0.3) is 0 Å². The Morgan fingerprint density at radius 2 is 2.15 bits per heavy atom. The van der Waals surface area contributed by atoms with E-state index in [4.69, 9.17) is 11.6 Å². The van der Waals surface area contributed by atoms with Gasteiger partial charge in [-0.1, -0.05) is 37.2 Å². The van der Waals surface area contributed by atoms with E-state index < -0.39 is 8.07 Å². The monoisotopic (exact) mass is 308 g/mol. The zero-order valence-corrected chi connectivity index (χ0v) is 14.3. The van der Waals surface area contributed by atoms with Crippen molar-refractivity contribution in [3.63, 3.8) is 0 Å². The van der Waals surface area contributed by atoms with E-state index in [1.165, 1.54) is 0 Å². The molecule has 1 aliphatic heterocycles. The largest absolute Gasteiger partial charge is 0.351 e. The highest BCUT2D eigenvalue weighted by atomic mass is 35.5. The molecule has 0 spiro atoms. The molecule has 1 N–H and O–H groups in total. The second kappa shape index (κ2) is 5.77. The summed E-state index contributed by atoms with van der Waals surface area (Å²) >= 11 is 6.12. The van der Waals surface area contributed by atoms with Crippen molar-refractivity contribution in [3.05, 3.63) is 32.7 Å². The maximum absolute atomic E-state index is 12.6. The van der Waals surface area contributed by atoms with E-state index in [9.17, 15) is 4.79 Å². The summed E-state index contributed by atoms with van der Waals surface area (Å²) in [5, 5.41) is 0.352. The van der Waals surface area contributed by atoms with Gasteiger partial charge in [0.1, 0.15) is 18.8 Å². The standard InChI is InChI=1S/C15H21ClN2OSi/c1-18-8-5-6-13(18)12-10-17-15(16)11(14(12)19)7-9-20(2,3)4/h10,13H,5-6,8H2,1-4H3,(H,17,19)/t13-/m0/s1. The third-order valence-electron chi connectivity index (χ3n) is 3.51. The molecule has 1 aromatic rings. The third kappa shape index (κ3) is 3.35. The number of pyridine rings is 1. The van der Waals surface area contributed by atoms with Crippen molar-refractivity contribution in [2.24, 2.45) is 0 Å².